The molecule has 182 valence electrons. The van der Waals surface area contributed by atoms with Crippen LogP contribution in [0.2, 0.25) is 0 Å². The second kappa shape index (κ2) is 9.16. The maximum absolute atomic E-state index is 13.2. The van der Waals surface area contributed by atoms with E-state index in [4.69, 9.17) is 4.74 Å². The van der Waals surface area contributed by atoms with Crippen LogP contribution in [-0.4, -0.2) is 55.4 Å². The Hall–Kier alpha value is -2.11. The summed E-state index contributed by atoms with van der Waals surface area (Å²) in [4.78, 5) is 4.55. The minimum absolute atomic E-state index is 0.201. The Morgan fingerprint density at radius 2 is 1.44 bits per heavy atom. The molecule has 0 aromatic heterocycles. The van der Waals surface area contributed by atoms with Gasteiger partial charge in [-0.3, -0.25) is 4.90 Å². The lowest BCUT2D eigenvalue weighted by molar-refractivity contribution is -0.00522. The van der Waals surface area contributed by atoms with E-state index in [1.54, 1.807) is 0 Å². The topological polar surface area (TPSA) is 35.9 Å². The third-order valence-corrected chi connectivity index (χ3v) is 8.98. The Morgan fingerprint density at radius 3 is 2.03 bits per heavy atom. The summed E-state index contributed by atoms with van der Waals surface area (Å²) in [5.74, 6) is 3.51. The largest absolute Gasteiger partial charge is 0.491 e. The van der Waals surface area contributed by atoms with E-state index in [9.17, 15) is 9.50 Å². The predicted octanol–water partition coefficient (Wildman–Crippen LogP) is 4.86. The van der Waals surface area contributed by atoms with Crippen molar-refractivity contribution in [3.8, 4) is 5.75 Å². The second-order valence-corrected chi connectivity index (χ2v) is 11.5. The summed E-state index contributed by atoms with van der Waals surface area (Å²) in [6, 6.07) is 15.5. The van der Waals surface area contributed by atoms with Crippen LogP contribution in [0.5, 0.6) is 5.75 Å². The van der Waals surface area contributed by atoms with E-state index in [0.717, 1.165) is 55.4 Å². The Kier molecular flexibility index (Phi) is 6.02. The molecule has 4 nitrogen and oxygen atoms in total. The fraction of sp³-hybridized carbons (Fsp3) is 0.586. The highest BCUT2D eigenvalue weighted by atomic mass is 19.1. The van der Waals surface area contributed by atoms with Gasteiger partial charge in [0.05, 0.1) is 0 Å². The molecular weight excluding hydrogens is 427 g/mol. The maximum atomic E-state index is 13.2. The monoisotopic (exact) mass is 464 g/mol. The van der Waals surface area contributed by atoms with E-state index in [1.807, 2.05) is 12.1 Å². The molecule has 2 aromatic rings. The standard InChI is InChI=1S/C29H37FN2O2/c30-25-3-5-26(6-4-25)32-11-9-31(10-12-32)19-27(33)20-34-28-7-1-24(2-8-28)29-16-21-13-22(17-29)15-23(14-21)18-29/h1-8,21-23,27,33H,9-20H2/t21?,22?,23?,27-,29?/m0/s1. The highest BCUT2D eigenvalue weighted by Gasteiger charge is 2.51. The zero-order valence-corrected chi connectivity index (χ0v) is 20.0. The molecule has 34 heavy (non-hydrogen) atoms. The predicted molar refractivity (Wildman–Crippen MR) is 133 cm³/mol. The summed E-state index contributed by atoms with van der Waals surface area (Å²) in [7, 11) is 0. The SMILES string of the molecule is O[C@H](COc1ccc(C23CC4CC(CC(C4)C2)C3)cc1)CN1CCN(c2ccc(F)cc2)CC1. The van der Waals surface area contributed by atoms with Gasteiger partial charge in [-0.25, -0.2) is 4.39 Å². The van der Waals surface area contributed by atoms with Gasteiger partial charge in [0.2, 0.25) is 0 Å². The van der Waals surface area contributed by atoms with Crippen molar-refractivity contribution in [1.29, 1.82) is 0 Å². The van der Waals surface area contributed by atoms with E-state index >= 15 is 0 Å². The third-order valence-electron chi connectivity index (χ3n) is 8.98. The first-order valence-electron chi connectivity index (χ1n) is 13.2. The van der Waals surface area contributed by atoms with Crippen molar-refractivity contribution >= 4 is 5.69 Å². The van der Waals surface area contributed by atoms with Gasteiger partial charge in [-0.2, -0.15) is 0 Å². The fourth-order valence-corrected chi connectivity index (χ4v) is 7.75. The normalized spacial score (nSPS) is 31.6. The van der Waals surface area contributed by atoms with Crippen molar-refractivity contribution in [2.45, 2.75) is 50.0 Å². The molecule has 1 heterocycles. The summed E-state index contributed by atoms with van der Waals surface area (Å²) in [6.07, 6.45) is 8.05. The molecule has 0 amide bonds. The molecule has 4 aliphatic carbocycles. The molecule has 0 unspecified atom stereocenters. The Morgan fingerprint density at radius 1 is 0.853 bits per heavy atom. The number of nitrogens with zero attached hydrogens (tertiary/aromatic N) is 2. The number of anilines is 1. The zero-order chi connectivity index (χ0) is 23.1. The zero-order valence-electron chi connectivity index (χ0n) is 20.0. The molecule has 1 saturated heterocycles. The van der Waals surface area contributed by atoms with Crippen molar-refractivity contribution in [2.75, 3.05) is 44.2 Å². The summed E-state index contributed by atoms with van der Waals surface area (Å²) in [6.45, 7) is 4.45. The first-order chi connectivity index (χ1) is 16.5. The van der Waals surface area contributed by atoms with Crippen LogP contribution < -0.4 is 9.64 Å². The van der Waals surface area contributed by atoms with E-state index < -0.39 is 6.10 Å². The van der Waals surface area contributed by atoms with Crippen LogP contribution in [0.25, 0.3) is 0 Å². The van der Waals surface area contributed by atoms with Crippen molar-refractivity contribution in [2.24, 2.45) is 17.8 Å². The van der Waals surface area contributed by atoms with Crippen LogP contribution in [0.3, 0.4) is 0 Å². The molecule has 4 saturated carbocycles. The number of halogens is 1. The van der Waals surface area contributed by atoms with Crippen molar-refractivity contribution in [1.82, 2.24) is 4.90 Å². The van der Waals surface area contributed by atoms with E-state index in [1.165, 1.54) is 56.2 Å². The van der Waals surface area contributed by atoms with Gasteiger partial charge in [-0.15, -0.1) is 0 Å². The molecule has 5 fully saturated rings. The average Bonchev–Trinajstić information content (AvgIpc) is 2.83. The van der Waals surface area contributed by atoms with Gasteiger partial charge >= 0.3 is 0 Å². The van der Waals surface area contributed by atoms with Crippen LogP contribution in [-0.2, 0) is 5.41 Å². The van der Waals surface area contributed by atoms with Gasteiger partial charge in [0, 0.05) is 38.4 Å². The number of rotatable bonds is 7. The van der Waals surface area contributed by atoms with Crippen LogP contribution in [0, 0.1) is 23.6 Å². The molecule has 1 N–H and O–H groups in total. The average molecular weight is 465 g/mol. The molecular formula is C29H37FN2O2. The Labute approximate surface area is 202 Å². The van der Waals surface area contributed by atoms with Crippen LogP contribution >= 0.6 is 0 Å². The number of aliphatic hydroxyl groups excluding tert-OH is 1. The van der Waals surface area contributed by atoms with Gasteiger partial charge in [0.1, 0.15) is 24.3 Å². The number of hydrogen-bond donors (Lipinski definition) is 1. The lowest BCUT2D eigenvalue weighted by atomic mass is 9.48. The molecule has 5 heteroatoms. The molecule has 7 rings (SSSR count). The smallest absolute Gasteiger partial charge is 0.123 e. The lowest BCUT2D eigenvalue weighted by Crippen LogP contribution is -2.49. The fourth-order valence-electron chi connectivity index (χ4n) is 7.75. The molecule has 5 aliphatic rings. The molecule has 4 bridgehead atoms. The Balaban J connectivity index is 0.973. The molecule has 0 radical (unpaired) electrons. The number of piperazine rings is 1. The number of hydrogen-bond acceptors (Lipinski definition) is 4. The lowest BCUT2D eigenvalue weighted by Gasteiger charge is -2.57. The second-order valence-electron chi connectivity index (χ2n) is 11.5. The van der Waals surface area contributed by atoms with Crippen molar-refractivity contribution in [3.63, 3.8) is 0 Å². The van der Waals surface area contributed by atoms with E-state index in [-0.39, 0.29) is 5.82 Å². The highest BCUT2D eigenvalue weighted by Crippen LogP contribution is 2.60. The van der Waals surface area contributed by atoms with Gasteiger partial charge in [-0.05, 0) is 104 Å². The van der Waals surface area contributed by atoms with E-state index in [0.29, 0.717) is 18.6 Å². The molecule has 0 spiro atoms. The van der Waals surface area contributed by atoms with E-state index in [2.05, 4.69) is 34.1 Å². The van der Waals surface area contributed by atoms with Gasteiger partial charge in [0.15, 0.2) is 0 Å². The van der Waals surface area contributed by atoms with Gasteiger partial charge in [0.25, 0.3) is 0 Å². The minimum atomic E-state index is -0.514. The molecule has 1 atom stereocenters. The molecule has 2 aromatic carbocycles. The summed E-state index contributed by atoms with van der Waals surface area (Å²) in [5, 5.41) is 10.6. The van der Waals surface area contributed by atoms with Crippen LogP contribution in [0.1, 0.15) is 44.1 Å². The first kappa shape index (κ1) is 22.4. The third kappa shape index (κ3) is 4.57. The minimum Gasteiger partial charge on any atom is -0.491 e. The van der Waals surface area contributed by atoms with Crippen molar-refractivity contribution in [3.05, 3.63) is 59.9 Å². The first-order valence-corrected chi connectivity index (χ1v) is 13.2. The summed E-state index contributed by atoms with van der Waals surface area (Å²) >= 11 is 0. The molecule has 1 aliphatic heterocycles. The van der Waals surface area contributed by atoms with Crippen LogP contribution in [0.15, 0.2) is 48.5 Å². The Bertz CT molecular complexity index is 933. The number of ether oxygens (including phenoxy) is 1. The number of β-amino-alcohol motifs (C(OH)–C–C–N with tert-alkyl or cyclic N) is 1. The van der Waals surface area contributed by atoms with Crippen molar-refractivity contribution < 1.29 is 14.2 Å². The summed E-state index contributed by atoms with van der Waals surface area (Å²) < 4.78 is 19.1. The van der Waals surface area contributed by atoms with Gasteiger partial charge in [-0.1, -0.05) is 12.1 Å². The van der Waals surface area contributed by atoms with Gasteiger partial charge < -0.3 is 14.7 Å². The quantitative estimate of drug-likeness (QED) is 0.635. The number of benzene rings is 2. The number of aliphatic hydroxyl groups is 1. The summed E-state index contributed by atoms with van der Waals surface area (Å²) in [5.41, 5.74) is 2.99. The van der Waals surface area contributed by atoms with Crippen LogP contribution in [0.4, 0.5) is 10.1 Å². The highest BCUT2D eigenvalue weighted by molar-refractivity contribution is 5.46. The maximum Gasteiger partial charge on any atom is 0.123 e.